The van der Waals surface area contributed by atoms with Crippen LogP contribution in [0.25, 0.3) is 0 Å². The number of halogens is 2. The van der Waals surface area contributed by atoms with E-state index in [-0.39, 0.29) is 33.7 Å². The Labute approximate surface area is 153 Å². The summed E-state index contributed by atoms with van der Waals surface area (Å²) in [5.41, 5.74) is -0.114. The Bertz CT molecular complexity index is 626. The fourth-order valence-corrected chi connectivity index (χ4v) is 2.11. The van der Waals surface area contributed by atoms with Gasteiger partial charge in [0.1, 0.15) is 5.56 Å². The number of rotatable bonds is 6. The first-order valence-electron chi connectivity index (χ1n) is 5.72. The van der Waals surface area contributed by atoms with Crippen LogP contribution in [-0.2, 0) is 9.36 Å². The summed E-state index contributed by atoms with van der Waals surface area (Å²) < 4.78 is 14.9. The monoisotopic (exact) mass is 423 g/mol. The average Bonchev–Trinajstić information content (AvgIpc) is 2.39. The summed E-state index contributed by atoms with van der Waals surface area (Å²) >= 11 is 11.4. The van der Waals surface area contributed by atoms with Crippen molar-refractivity contribution in [1.82, 2.24) is 17.6 Å². The summed E-state index contributed by atoms with van der Waals surface area (Å²) in [6.07, 6.45) is -0.598. The lowest BCUT2D eigenvalue weighted by Crippen LogP contribution is -2.23. The van der Waals surface area contributed by atoms with E-state index < -0.39 is 32.4 Å². The first kappa shape index (κ1) is 28.4. The van der Waals surface area contributed by atoms with Gasteiger partial charge < -0.3 is 37.0 Å². The highest BCUT2D eigenvalue weighted by Gasteiger charge is 2.18. The highest BCUT2D eigenvalue weighted by Crippen LogP contribution is 2.33. The van der Waals surface area contributed by atoms with Crippen molar-refractivity contribution in [2.75, 3.05) is 19.9 Å². The quantitative estimate of drug-likeness (QED) is 0.326. The second-order valence-electron chi connectivity index (χ2n) is 3.89. The molecule has 0 aromatic heterocycles. The standard InChI is InChI=1S/C8H6Cl2O3.C3H8NO5P.2H3N/c1-13-7-5(10)3-2-4(9)6(7)8(11)12;5-3(6)1-4-2-10(7,8)9;;/h2-3H,1H3,(H,11,12);4H,1-2H2,(H,5,6)(H2,7,8,9);2*1H3. The Morgan fingerprint density at radius 3 is 1.96 bits per heavy atom. The fourth-order valence-electron chi connectivity index (χ4n) is 1.24. The molecule has 0 amide bonds. The zero-order chi connectivity index (χ0) is 18.2. The number of nitrogens with one attached hydrogen (secondary N) is 1. The second kappa shape index (κ2) is 12.9. The van der Waals surface area contributed by atoms with Gasteiger partial charge in [-0.15, -0.1) is 0 Å². The fraction of sp³-hybridized carbons (Fsp3) is 0.273. The molecule has 0 radical (unpaired) electrons. The number of aliphatic carboxylic acids is 1. The Hall–Kier alpha value is -1.43. The topological polar surface area (TPSA) is 223 Å². The lowest BCUT2D eigenvalue weighted by molar-refractivity contribution is -0.135. The predicted molar refractivity (Wildman–Crippen MR) is 92.6 cm³/mol. The molecule has 1 aromatic rings. The molecule has 0 aliphatic rings. The van der Waals surface area contributed by atoms with E-state index in [0.717, 1.165) is 0 Å². The van der Waals surface area contributed by atoms with Crippen LogP contribution in [0.15, 0.2) is 12.1 Å². The van der Waals surface area contributed by atoms with Crippen LogP contribution in [0.5, 0.6) is 5.75 Å². The number of carboxylic acid groups (broad SMARTS) is 2. The third-order valence-electron chi connectivity index (χ3n) is 2.07. The minimum Gasteiger partial charge on any atom is -0.494 e. The molecule has 0 aliphatic carbocycles. The van der Waals surface area contributed by atoms with Crippen molar-refractivity contribution in [3.63, 3.8) is 0 Å². The average molecular weight is 424 g/mol. The van der Waals surface area contributed by atoms with Crippen LogP contribution in [0.4, 0.5) is 0 Å². The smallest absolute Gasteiger partial charge is 0.341 e. The first-order valence-corrected chi connectivity index (χ1v) is 8.27. The van der Waals surface area contributed by atoms with Crippen molar-refractivity contribution in [2.45, 2.75) is 0 Å². The molecule has 0 atom stereocenters. The van der Waals surface area contributed by atoms with Crippen molar-refractivity contribution in [2.24, 2.45) is 0 Å². The lowest BCUT2D eigenvalue weighted by atomic mass is 10.2. The van der Waals surface area contributed by atoms with Gasteiger partial charge in [-0.1, -0.05) is 23.2 Å². The molecule has 1 aromatic carbocycles. The highest BCUT2D eigenvalue weighted by molar-refractivity contribution is 7.51. The van der Waals surface area contributed by atoms with E-state index in [0.29, 0.717) is 0 Å². The molecule has 0 aliphatic heterocycles. The van der Waals surface area contributed by atoms with Gasteiger partial charge in [0, 0.05) is 0 Å². The minimum atomic E-state index is -4.10. The van der Waals surface area contributed by atoms with Crippen molar-refractivity contribution < 1.29 is 38.9 Å². The Morgan fingerprint density at radius 2 is 1.64 bits per heavy atom. The zero-order valence-corrected chi connectivity index (χ0v) is 15.5. The molecule has 11 nitrogen and oxygen atoms in total. The van der Waals surface area contributed by atoms with Crippen molar-refractivity contribution >= 4 is 42.7 Å². The third-order valence-corrected chi connectivity index (χ3v) is 3.32. The summed E-state index contributed by atoms with van der Waals surface area (Å²) in [5.74, 6) is -2.22. The predicted octanol–water partition coefficient (Wildman–Crippen LogP) is 1.82. The molecule has 0 bridgehead atoms. The van der Waals surface area contributed by atoms with Gasteiger partial charge in [0.15, 0.2) is 5.75 Å². The summed E-state index contributed by atoms with van der Waals surface area (Å²) in [4.78, 5) is 36.9. The number of carboxylic acids is 2. The number of hydrogen-bond donors (Lipinski definition) is 7. The van der Waals surface area contributed by atoms with Crippen LogP contribution in [0.3, 0.4) is 0 Å². The molecule has 14 heteroatoms. The molecule has 0 heterocycles. The number of carbonyl (C=O) groups is 2. The highest BCUT2D eigenvalue weighted by atomic mass is 35.5. The van der Waals surface area contributed by atoms with Gasteiger partial charge in [-0.05, 0) is 12.1 Å². The van der Waals surface area contributed by atoms with Gasteiger partial charge >= 0.3 is 19.5 Å². The molecule has 0 saturated carbocycles. The molecule has 11 N–H and O–H groups in total. The maximum Gasteiger partial charge on any atom is 0.341 e. The van der Waals surface area contributed by atoms with Gasteiger partial charge in [-0.25, -0.2) is 4.79 Å². The molecule has 25 heavy (non-hydrogen) atoms. The number of hydrogen-bond acceptors (Lipinski definition) is 7. The van der Waals surface area contributed by atoms with Gasteiger partial charge in [-0.2, -0.15) is 0 Å². The molecular weight excluding hydrogens is 404 g/mol. The van der Waals surface area contributed by atoms with E-state index in [9.17, 15) is 14.2 Å². The summed E-state index contributed by atoms with van der Waals surface area (Å²) in [6, 6.07) is 2.89. The molecule has 146 valence electrons. The third kappa shape index (κ3) is 11.7. The van der Waals surface area contributed by atoms with E-state index >= 15 is 0 Å². The lowest BCUT2D eigenvalue weighted by Gasteiger charge is -2.07. The molecule has 1 rings (SSSR count). The Kier molecular flexibility index (Phi) is 14.6. The number of aromatic carboxylic acids is 1. The number of methoxy groups -OCH3 is 1. The minimum absolute atomic E-state index is 0. The molecule has 0 saturated heterocycles. The number of ether oxygens (including phenoxy) is 1. The van der Waals surface area contributed by atoms with Crippen LogP contribution < -0.4 is 22.4 Å². The summed E-state index contributed by atoms with van der Waals surface area (Å²) in [5, 5.41) is 19.2. The van der Waals surface area contributed by atoms with Crippen molar-refractivity contribution in [3.8, 4) is 5.75 Å². The molecule has 0 fully saturated rings. The Balaban J connectivity index is -0.000000370. The Morgan fingerprint density at radius 1 is 1.16 bits per heavy atom. The van der Waals surface area contributed by atoms with Gasteiger partial charge in [-0.3, -0.25) is 14.7 Å². The van der Waals surface area contributed by atoms with Crippen LogP contribution >= 0.6 is 30.8 Å². The van der Waals surface area contributed by atoms with Crippen molar-refractivity contribution in [3.05, 3.63) is 27.7 Å². The normalized spacial score (nSPS) is 9.64. The second-order valence-corrected chi connectivity index (χ2v) is 6.35. The molecule has 0 unspecified atom stereocenters. The van der Waals surface area contributed by atoms with E-state index in [1.165, 1.54) is 19.2 Å². The molecular formula is C11H20Cl2N3O8P. The summed E-state index contributed by atoms with van der Waals surface area (Å²) in [7, 11) is -2.76. The van der Waals surface area contributed by atoms with Crippen molar-refractivity contribution in [1.29, 1.82) is 0 Å². The molecule has 0 spiro atoms. The van der Waals surface area contributed by atoms with E-state index in [2.05, 4.69) is 5.32 Å². The summed E-state index contributed by atoms with van der Waals surface area (Å²) in [6.45, 7) is -0.439. The zero-order valence-electron chi connectivity index (χ0n) is 13.1. The van der Waals surface area contributed by atoms with E-state index in [1.807, 2.05) is 0 Å². The van der Waals surface area contributed by atoms with Gasteiger partial charge in [0.25, 0.3) is 0 Å². The van der Waals surface area contributed by atoms with Crippen LogP contribution in [0.2, 0.25) is 10.0 Å². The largest absolute Gasteiger partial charge is 0.494 e. The van der Waals surface area contributed by atoms with Gasteiger partial charge in [0.05, 0.1) is 30.0 Å². The first-order chi connectivity index (χ1) is 10.5. The maximum absolute atomic E-state index is 10.7. The van der Waals surface area contributed by atoms with Gasteiger partial charge in [0.2, 0.25) is 0 Å². The number of benzene rings is 1. The van der Waals surface area contributed by atoms with E-state index in [1.54, 1.807) is 0 Å². The van der Waals surface area contributed by atoms with Crippen LogP contribution in [0.1, 0.15) is 10.4 Å². The van der Waals surface area contributed by atoms with Crippen LogP contribution in [-0.4, -0.2) is 51.9 Å². The maximum atomic E-state index is 10.7. The van der Waals surface area contributed by atoms with Crippen LogP contribution in [0, 0.1) is 0 Å². The van der Waals surface area contributed by atoms with E-state index in [4.69, 9.17) is 47.9 Å². The SMILES string of the molecule is COc1c(Cl)ccc(Cl)c1C(=O)O.N.N.O=C(O)CNCP(=O)(O)O.